The van der Waals surface area contributed by atoms with Gasteiger partial charge in [-0.25, -0.2) is 0 Å². The van der Waals surface area contributed by atoms with E-state index in [9.17, 15) is 0 Å². The normalized spacial score (nSPS) is 10.8. The van der Waals surface area contributed by atoms with Crippen molar-refractivity contribution in [2.24, 2.45) is 0 Å². The molecular weight excluding hydrogens is 224 g/mol. The number of benzene rings is 3. The molecule has 0 amide bonds. The second-order valence-electron chi connectivity index (χ2n) is 4.18. The van der Waals surface area contributed by atoms with Gasteiger partial charge in [-0.1, -0.05) is 30.3 Å². The summed E-state index contributed by atoms with van der Waals surface area (Å²) < 4.78 is 10.9. The highest BCUT2D eigenvalue weighted by molar-refractivity contribution is 6.12. The van der Waals surface area contributed by atoms with Crippen LogP contribution in [0, 0.1) is 0 Å². The van der Waals surface area contributed by atoms with E-state index in [1.807, 2.05) is 24.3 Å². The van der Waals surface area contributed by atoms with Crippen molar-refractivity contribution in [1.82, 2.24) is 0 Å². The Morgan fingerprint density at radius 1 is 0.667 bits per heavy atom. The van der Waals surface area contributed by atoms with Crippen LogP contribution in [0.4, 0.5) is 0 Å². The molecule has 0 spiro atoms. The van der Waals surface area contributed by atoms with Gasteiger partial charge >= 0.3 is 0 Å². The molecule has 0 saturated heterocycles. The van der Waals surface area contributed by atoms with Crippen molar-refractivity contribution in [1.29, 1.82) is 0 Å². The predicted molar refractivity (Wildman–Crippen MR) is 74.6 cm³/mol. The first-order valence-corrected chi connectivity index (χ1v) is 5.87. The van der Waals surface area contributed by atoms with Gasteiger partial charge in [-0.3, -0.25) is 0 Å². The first kappa shape index (κ1) is 10.9. The molecule has 3 aromatic rings. The number of fused-ring (bicyclic) bond motifs is 3. The van der Waals surface area contributed by atoms with E-state index < -0.39 is 0 Å². The molecular formula is C16H14O2. The van der Waals surface area contributed by atoms with Crippen molar-refractivity contribution in [3.63, 3.8) is 0 Å². The molecule has 0 radical (unpaired) electrons. The molecule has 18 heavy (non-hydrogen) atoms. The van der Waals surface area contributed by atoms with Crippen LogP contribution in [0.25, 0.3) is 21.5 Å². The summed E-state index contributed by atoms with van der Waals surface area (Å²) in [5.74, 6) is 1.75. The fraction of sp³-hybridized carbons (Fsp3) is 0.125. The van der Waals surface area contributed by atoms with Crippen molar-refractivity contribution in [3.05, 3.63) is 48.5 Å². The van der Waals surface area contributed by atoms with E-state index in [4.69, 9.17) is 9.47 Å². The van der Waals surface area contributed by atoms with Crippen LogP contribution in [-0.2, 0) is 0 Å². The minimum Gasteiger partial charge on any atom is -0.496 e. The van der Waals surface area contributed by atoms with E-state index in [1.165, 1.54) is 10.8 Å². The number of methoxy groups -OCH3 is 2. The third-order valence-electron chi connectivity index (χ3n) is 3.27. The summed E-state index contributed by atoms with van der Waals surface area (Å²) in [5, 5.41) is 4.58. The fourth-order valence-corrected chi connectivity index (χ4v) is 2.41. The SMILES string of the molecule is COc1ccc(OC)c2c1ccc1ccccc12. The Bertz CT molecular complexity index is 717. The molecule has 0 N–H and O–H groups in total. The molecule has 3 aromatic carbocycles. The largest absolute Gasteiger partial charge is 0.496 e. The first-order chi connectivity index (χ1) is 8.85. The summed E-state index contributed by atoms with van der Waals surface area (Å²) in [5.41, 5.74) is 0. The fourth-order valence-electron chi connectivity index (χ4n) is 2.41. The number of rotatable bonds is 2. The van der Waals surface area contributed by atoms with E-state index in [1.54, 1.807) is 14.2 Å². The smallest absolute Gasteiger partial charge is 0.127 e. The summed E-state index contributed by atoms with van der Waals surface area (Å²) in [6, 6.07) is 16.4. The summed E-state index contributed by atoms with van der Waals surface area (Å²) in [6.07, 6.45) is 0. The van der Waals surface area contributed by atoms with E-state index in [0.717, 1.165) is 22.3 Å². The molecule has 0 fully saturated rings. The Hall–Kier alpha value is -2.22. The molecule has 0 aromatic heterocycles. The van der Waals surface area contributed by atoms with Crippen LogP contribution in [0.15, 0.2) is 48.5 Å². The monoisotopic (exact) mass is 238 g/mol. The van der Waals surface area contributed by atoms with Gasteiger partial charge in [-0.2, -0.15) is 0 Å². The summed E-state index contributed by atoms with van der Waals surface area (Å²) >= 11 is 0. The van der Waals surface area contributed by atoms with Gasteiger partial charge in [0, 0.05) is 10.8 Å². The maximum atomic E-state index is 5.48. The van der Waals surface area contributed by atoms with Gasteiger partial charge in [0.15, 0.2) is 0 Å². The zero-order valence-electron chi connectivity index (χ0n) is 10.4. The zero-order chi connectivity index (χ0) is 12.5. The van der Waals surface area contributed by atoms with Crippen LogP contribution in [-0.4, -0.2) is 14.2 Å². The predicted octanol–water partition coefficient (Wildman–Crippen LogP) is 4.01. The van der Waals surface area contributed by atoms with Crippen molar-refractivity contribution < 1.29 is 9.47 Å². The van der Waals surface area contributed by atoms with Crippen LogP contribution in [0.5, 0.6) is 11.5 Å². The molecule has 0 unspecified atom stereocenters. The maximum Gasteiger partial charge on any atom is 0.127 e. The third kappa shape index (κ3) is 1.50. The minimum atomic E-state index is 0.872. The molecule has 90 valence electrons. The van der Waals surface area contributed by atoms with Crippen LogP contribution in [0.2, 0.25) is 0 Å². The topological polar surface area (TPSA) is 18.5 Å². The van der Waals surface area contributed by atoms with Gasteiger partial charge in [0.25, 0.3) is 0 Å². The van der Waals surface area contributed by atoms with Crippen molar-refractivity contribution in [3.8, 4) is 11.5 Å². The lowest BCUT2D eigenvalue weighted by molar-refractivity contribution is 0.410. The zero-order valence-corrected chi connectivity index (χ0v) is 10.4. The second-order valence-corrected chi connectivity index (χ2v) is 4.18. The molecule has 0 atom stereocenters. The lowest BCUT2D eigenvalue weighted by atomic mass is 10.0. The van der Waals surface area contributed by atoms with E-state index in [-0.39, 0.29) is 0 Å². The lowest BCUT2D eigenvalue weighted by Gasteiger charge is -2.12. The standard InChI is InChI=1S/C16H14O2/c1-17-14-9-10-15(18-2)16-12-6-4-3-5-11(12)7-8-13(14)16/h3-10H,1-2H3. The molecule has 2 heteroatoms. The Labute approximate surface area is 106 Å². The highest BCUT2D eigenvalue weighted by Crippen LogP contribution is 2.37. The third-order valence-corrected chi connectivity index (χ3v) is 3.27. The van der Waals surface area contributed by atoms with Gasteiger partial charge in [0.1, 0.15) is 11.5 Å². The van der Waals surface area contributed by atoms with E-state index in [0.29, 0.717) is 0 Å². The molecule has 2 nitrogen and oxygen atoms in total. The Morgan fingerprint density at radius 2 is 1.39 bits per heavy atom. The molecule has 3 rings (SSSR count). The van der Waals surface area contributed by atoms with Crippen molar-refractivity contribution in [2.75, 3.05) is 14.2 Å². The second kappa shape index (κ2) is 4.22. The molecule has 0 saturated carbocycles. The minimum absolute atomic E-state index is 0.872. The summed E-state index contributed by atoms with van der Waals surface area (Å²) in [6.45, 7) is 0. The molecule has 0 aliphatic rings. The van der Waals surface area contributed by atoms with Gasteiger partial charge in [0.05, 0.1) is 14.2 Å². The average Bonchev–Trinajstić information content (AvgIpc) is 2.45. The van der Waals surface area contributed by atoms with Crippen LogP contribution >= 0.6 is 0 Å². The van der Waals surface area contributed by atoms with Crippen LogP contribution in [0.1, 0.15) is 0 Å². The quantitative estimate of drug-likeness (QED) is 0.628. The van der Waals surface area contributed by atoms with E-state index in [2.05, 4.69) is 24.3 Å². The highest BCUT2D eigenvalue weighted by Gasteiger charge is 2.09. The number of hydrogen-bond acceptors (Lipinski definition) is 2. The highest BCUT2D eigenvalue weighted by atomic mass is 16.5. The lowest BCUT2D eigenvalue weighted by Crippen LogP contribution is -1.90. The molecule has 0 aliphatic heterocycles. The van der Waals surface area contributed by atoms with Crippen LogP contribution in [0.3, 0.4) is 0 Å². The summed E-state index contributed by atoms with van der Waals surface area (Å²) in [4.78, 5) is 0. The van der Waals surface area contributed by atoms with Gasteiger partial charge in [-0.05, 0) is 29.0 Å². The molecule has 0 aliphatic carbocycles. The molecule has 0 bridgehead atoms. The van der Waals surface area contributed by atoms with Gasteiger partial charge in [-0.15, -0.1) is 0 Å². The Morgan fingerprint density at radius 3 is 2.17 bits per heavy atom. The Balaban J connectivity index is 2.54. The number of ether oxygens (including phenoxy) is 2. The summed E-state index contributed by atoms with van der Waals surface area (Å²) in [7, 11) is 3.39. The van der Waals surface area contributed by atoms with Crippen LogP contribution < -0.4 is 9.47 Å². The van der Waals surface area contributed by atoms with Gasteiger partial charge in [0.2, 0.25) is 0 Å². The van der Waals surface area contributed by atoms with E-state index >= 15 is 0 Å². The Kier molecular flexibility index (Phi) is 2.56. The maximum absolute atomic E-state index is 5.48. The number of hydrogen-bond donors (Lipinski definition) is 0. The van der Waals surface area contributed by atoms with Gasteiger partial charge < -0.3 is 9.47 Å². The first-order valence-electron chi connectivity index (χ1n) is 5.87. The van der Waals surface area contributed by atoms with Crippen molar-refractivity contribution in [2.45, 2.75) is 0 Å². The van der Waals surface area contributed by atoms with Crippen molar-refractivity contribution >= 4 is 21.5 Å². The average molecular weight is 238 g/mol. The molecule has 0 heterocycles.